The number of hydrogen-bond acceptors (Lipinski definition) is 5. The first kappa shape index (κ1) is 27.1. The molecule has 1 amide bonds. The summed E-state index contributed by atoms with van der Waals surface area (Å²) in [4.78, 5) is 24.2. The predicted molar refractivity (Wildman–Crippen MR) is 93.4 cm³/mol. The van der Waals surface area contributed by atoms with Crippen molar-refractivity contribution in [3.05, 3.63) is 0 Å². The van der Waals surface area contributed by atoms with Gasteiger partial charge >= 0.3 is 29.6 Å². The number of unbranched alkanes of at least 4 members (excludes halogenated alkanes) is 8. The minimum absolute atomic E-state index is 0. The van der Waals surface area contributed by atoms with Gasteiger partial charge in [0.1, 0.15) is 0 Å². The molecule has 0 rings (SSSR count). The number of aliphatic hydroxyl groups is 1. The van der Waals surface area contributed by atoms with Crippen LogP contribution >= 0.6 is 0 Å². The first-order chi connectivity index (χ1) is 11.6. The number of aliphatic hydroxyl groups excluding tert-OH is 1. The SMILES string of the molecule is CCCCCCCCCCCC(=O)N(CCNCCO)CC(=O)[O-].[Na+]. The number of carboxylic acids is 1. The molecule has 0 atom stereocenters. The van der Waals surface area contributed by atoms with Gasteiger partial charge in [-0.25, -0.2) is 0 Å². The molecule has 7 heteroatoms. The van der Waals surface area contributed by atoms with Crippen molar-refractivity contribution in [2.24, 2.45) is 0 Å². The van der Waals surface area contributed by atoms with E-state index < -0.39 is 5.97 Å². The van der Waals surface area contributed by atoms with Gasteiger partial charge in [0.2, 0.25) is 5.91 Å². The van der Waals surface area contributed by atoms with Crippen LogP contribution in [0.4, 0.5) is 0 Å². The molecule has 25 heavy (non-hydrogen) atoms. The van der Waals surface area contributed by atoms with Gasteiger partial charge in [-0.1, -0.05) is 58.3 Å². The van der Waals surface area contributed by atoms with Gasteiger partial charge < -0.3 is 25.2 Å². The number of amides is 1. The molecule has 0 bridgehead atoms. The monoisotopic (exact) mass is 366 g/mol. The minimum atomic E-state index is -1.24. The van der Waals surface area contributed by atoms with Gasteiger partial charge in [-0.05, 0) is 6.42 Å². The van der Waals surface area contributed by atoms with Crippen LogP contribution in [0.1, 0.15) is 71.1 Å². The molecule has 0 saturated heterocycles. The van der Waals surface area contributed by atoms with E-state index in [4.69, 9.17) is 5.11 Å². The number of carbonyl (C=O) groups is 2. The van der Waals surface area contributed by atoms with Crippen LogP contribution in [0.3, 0.4) is 0 Å². The van der Waals surface area contributed by atoms with Gasteiger partial charge in [-0.2, -0.15) is 0 Å². The van der Waals surface area contributed by atoms with Crippen LogP contribution in [-0.4, -0.2) is 54.7 Å². The van der Waals surface area contributed by atoms with Crippen molar-refractivity contribution in [3.8, 4) is 0 Å². The van der Waals surface area contributed by atoms with Crippen LogP contribution in [0.5, 0.6) is 0 Å². The smallest absolute Gasteiger partial charge is 0.548 e. The number of nitrogens with one attached hydrogen (secondary N) is 1. The third-order valence-corrected chi connectivity index (χ3v) is 4.01. The molecule has 0 aliphatic carbocycles. The van der Waals surface area contributed by atoms with Crippen molar-refractivity contribution in [2.75, 3.05) is 32.8 Å². The quantitative estimate of drug-likeness (QED) is 0.231. The molecule has 0 aliphatic heterocycles. The van der Waals surface area contributed by atoms with Gasteiger partial charge in [0.25, 0.3) is 0 Å². The molecule has 0 radical (unpaired) electrons. The van der Waals surface area contributed by atoms with Gasteiger partial charge in [0.05, 0.1) is 19.1 Å². The summed E-state index contributed by atoms with van der Waals surface area (Å²) in [5.41, 5.74) is 0. The summed E-state index contributed by atoms with van der Waals surface area (Å²) in [5, 5.41) is 22.4. The van der Waals surface area contributed by atoms with E-state index in [9.17, 15) is 14.7 Å². The molecule has 0 aromatic rings. The second-order valence-corrected chi connectivity index (χ2v) is 6.24. The van der Waals surface area contributed by atoms with Crippen LogP contribution < -0.4 is 40.0 Å². The summed E-state index contributed by atoms with van der Waals surface area (Å²) < 4.78 is 0. The van der Waals surface area contributed by atoms with Crippen molar-refractivity contribution < 1.29 is 49.4 Å². The summed E-state index contributed by atoms with van der Waals surface area (Å²) in [7, 11) is 0. The molecule has 0 spiro atoms. The van der Waals surface area contributed by atoms with E-state index in [-0.39, 0.29) is 48.6 Å². The molecule has 0 heterocycles. The Labute approximate surface area is 175 Å². The van der Waals surface area contributed by atoms with Crippen molar-refractivity contribution in [3.63, 3.8) is 0 Å². The van der Waals surface area contributed by atoms with Crippen LogP contribution in [0.25, 0.3) is 0 Å². The summed E-state index contributed by atoms with van der Waals surface area (Å²) in [6.45, 7) is 3.10. The van der Waals surface area contributed by atoms with Gasteiger partial charge in [-0.3, -0.25) is 4.79 Å². The third kappa shape index (κ3) is 18.4. The van der Waals surface area contributed by atoms with E-state index >= 15 is 0 Å². The van der Waals surface area contributed by atoms with Crippen molar-refractivity contribution in [1.29, 1.82) is 0 Å². The standard InChI is InChI=1S/C18H36N2O4.Na/c1-2-3-4-5-6-7-8-9-10-11-17(22)20(16-18(23)24)14-12-19-13-15-21;/h19,21H,2-16H2,1H3,(H,23,24);/q;+1/p-1. The molecule has 0 fully saturated rings. The van der Waals surface area contributed by atoms with Crippen molar-refractivity contribution in [1.82, 2.24) is 10.2 Å². The van der Waals surface area contributed by atoms with E-state index in [1.54, 1.807) is 0 Å². The fraction of sp³-hybridized carbons (Fsp3) is 0.889. The summed E-state index contributed by atoms with van der Waals surface area (Å²) in [6.07, 6.45) is 11.0. The topological polar surface area (TPSA) is 92.7 Å². The number of nitrogens with zero attached hydrogens (tertiary/aromatic N) is 1. The van der Waals surface area contributed by atoms with Gasteiger partial charge in [0.15, 0.2) is 0 Å². The number of carboxylic acid groups (broad SMARTS) is 1. The Morgan fingerprint density at radius 3 is 2.04 bits per heavy atom. The van der Waals surface area contributed by atoms with Crippen LogP contribution in [0.15, 0.2) is 0 Å². The van der Waals surface area contributed by atoms with Crippen LogP contribution in [0, 0.1) is 0 Å². The molecule has 142 valence electrons. The van der Waals surface area contributed by atoms with E-state index in [1.807, 2.05) is 0 Å². The summed E-state index contributed by atoms with van der Waals surface area (Å²) >= 11 is 0. The molecule has 2 N–H and O–H groups in total. The molecule has 6 nitrogen and oxygen atoms in total. The summed E-state index contributed by atoms with van der Waals surface area (Å²) in [5.74, 6) is -1.37. The Bertz CT molecular complexity index is 330. The molecule has 0 unspecified atom stereocenters. The maximum absolute atomic E-state index is 12.1. The number of carbonyl (C=O) groups excluding carboxylic acids is 2. The Morgan fingerprint density at radius 1 is 0.960 bits per heavy atom. The van der Waals surface area contributed by atoms with E-state index in [0.29, 0.717) is 26.1 Å². The Kier molecular flexibility index (Phi) is 21.9. The third-order valence-electron chi connectivity index (χ3n) is 4.01. The van der Waals surface area contributed by atoms with Gasteiger partial charge in [0, 0.05) is 26.1 Å². The second kappa shape index (κ2) is 20.2. The fourth-order valence-corrected chi connectivity index (χ4v) is 2.61. The molecular formula is C18H35N2NaO4. The molecule has 0 aromatic heterocycles. The number of rotatable bonds is 17. The van der Waals surface area contributed by atoms with Crippen LogP contribution in [-0.2, 0) is 9.59 Å². The first-order valence-electron chi connectivity index (χ1n) is 9.41. The molecule has 0 saturated carbocycles. The predicted octanol–water partition coefficient (Wildman–Crippen LogP) is -1.93. The Morgan fingerprint density at radius 2 is 1.52 bits per heavy atom. The van der Waals surface area contributed by atoms with E-state index in [2.05, 4.69) is 12.2 Å². The van der Waals surface area contributed by atoms with E-state index in [0.717, 1.165) is 19.3 Å². The zero-order valence-corrected chi connectivity index (χ0v) is 18.2. The minimum Gasteiger partial charge on any atom is -0.548 e. The van der Waals surface area contributed by atoms with Crippen molar-refractivity contribution in [2.45, 2.75) is 71.1 Å². The second-order valence-electron chi connectivity index (χ2n) is 6.24. The van der Waals surface area contributed by atoms with Crippen LogP contribution in [0.2, 0.25) is 0 Å². The normalized spacial score (nSPS) is 10.3. The van der Waals surface area contributed by atoms with Gasteiger partial charge in [-0.15, -0.1) is 0 Å². The zero-order valence-electron chi connectivity index (χ0n) is 16.2. The Hall–Kier alpha value is -0.140. The average molecular weight is 366 g/mol. The Balaban J connectivity index is 0. The maximum atomic E-state index is 12.1. The zero-order chi connectivity index (χ0) is 18.0. The first-order valence-corrected chi connectivity index (χ1v) is 9.41. The maximum Gasteiger partial charge on any atom is 1.00 e. The largest absolute Gasteiger partial charge is 1.00 e. The summed E-state index contributed by atoms with van der Waals surface area (Å²) in [6, 6.07) is 0. The van der Waals surface area contributed by atoms with E-state index in [1.165, 1.54) is 43.4 Å². The fourth-order valence-electron chi connectivity index (χ4n) is 2.61. The average Bonchev–Trinajstić information content (AvgIpc) is 2.55. The molecule has 0 aromatic carbocycles. The van der Waals surface area contributed by atoms with Crippen molar-refractivity contribution >= 4 is 11.9 Å². The number of hydrogen-bond donors (Lipinski definition) is 2. The number of aliphatic carboxylic acids is 1. The molecule has 0 aliphatic rings. The molecular weight excluding hydrogens is 331 g/mol.